The molecule has 0 spiro atoms. The molecule has 0 fully saturated rings. The number of fused-ring (bicyclic) bond motifs is 1. The topological polar surface area (TPSA) is 35.2 Å². The normalized spacial score (nSPS) is 17.9. The van der Waals surface area contributed by atoms with Crippen LogP contribution < -0.4 is 10.5 Å². The zero-order valence-corrected chi connectivity index (χ0v) is 10.7. The van der Waals surface area contributed by atoms with Gasteiger partial charge in [-0.3, -0.25) is 0 Å². The summed E-state index contributed by atoms with van der Waals surface area (Å²) in [5, 5.41) is 0. The van der Waals surface area contributed by atoms with E-state index in [1.165, 1.54) is 36.8 Å². The summed E-state index contributed by atoms with van der Waals surface area (Å²) in [7, 11) is 0. The molecule has 1 unspecified atom stereocenters. The van der Waals surface area contributed by atoms with Gasteiger partial charge in [-0.1, -0.05) is 25.0 Å². The Labute approximate surface area is 104 Å². The highest BCUT2D eigenvalue weighted by atomic mass is 16.5. The number of nitrogens with two attached hydrogens (primary N) is 1. The Bertz CT molecular complexity index is 362. The van der Waals surface area contributed by atoms with E-state index >= 15 is 0 Å². The number of hydrogen-bond acceptors (Lipinski definition) is 2. The standard InChI is InChI=1S/C15H23NO/c1-12-10-14-11-13(7-8-15(14)17-12)6-4-2-3-5-9-16/h7-8,11-12H,2-6,9-10,16H2,1H3. The van der Waals surface area contributed by atoms with Crippen LogP contribution in [0, 0.1) is 0 Å². The van der Waals surface area contributed by atoms with Gasteiger partial charge in [-0.15, -0.1) is 0 Å². The molecule has 1 atom stereocenters. The maximum atomic E-state index is 5.71. The second-order valence-corrected chi connectivity index (χ2v) is 5.03. The van der Waals surface area contributed by atoms with E-state index in [0.29, 0.717) is 6.10 Å². The van der Waals surface area contributed by atoms with Crippen molar-refractivity contribution in [3.63, 3.8) is 0 Å². The molecule has 0 amide bonds. The van der Waals surface area contributed by atoms with E-state index < -0.39 is 0 Å². The Kier molecular flexibility index (Phi) is 4.43. The third kappa shape index (κ3) is 3.47. The molecule has 0 saturated heterocycles. The quantitative estimate of drug-likeness (QED) is 0.766. The molecule has 1 aromatic carbocycles. The number of benzene rings is 1. The molecule has 17 heavy (non-hydrogen) atoms. The highest BCUT2D eigenvalue weighted by Gasteiger charge is 2.18. The van der Waals surface area contributed by atoms with Crippen molar-refractivity contribution < 1.29 is 4.74 Å². The fourth-order valence-electron chi connectivity index (χ4n) is 2.46. The lowest BCUT2D eigenvalue weighted by molar-refractivity contribution is 0.254. The molecule has 2 rings (SSSR count). The molecule has 1 heterocycles. The molecule has 1 aromatic rings. The Balaban J connectivity index is 1.80. The van der Waals surface area contributed by atoms with Crippen LogP contribution in [0.2, 0.25) is 0 Å². The van der Waals surface area contributed by atoms with Gasteiger partial charge in [-0.05, 0) is 49.9 Å². The first-order chi connectivity index (χ1) is 8.29. The van der Waals surface area contributed by atoms with Gasteiger partial charge in [0.25, 0.3) is 0 Å². The smallest absolute Gasteiger partial charge is 0.123 e. The average molecular weight is 233 g/mol. The maximum Gasteiger partial charge on any atom is 0.123 e. The zero-order chi connectivity index (χ0) is 12.1. The molecular weight excluding hydrogens is 210 g/mol. The molecule has 2 nitrogen and oxygen atoms in total. The van der Waals surface area contributed by atoms with E-state index in [2.05, 4.69) is 25.1 Å². The molecule has 2 N–H and O–H groups in total. The zero-order valence-electron chi connectivity index (χ0n) is 10.7. The lowest BCUT2D eigenvalue weighted by Crippen LogP contribution is -2.05. The molecule has 1 aliphatic rings. The second-order valence-electron chi connectivity index (χ2n) is 5.03. The second kappa shape index (κ2) is 6.06. The van der Waals surface area contributed by atoms with Gasteiger partial charge in [-0.25, -0.2) is 0 Å². The molecule has 0 aliphatic carbocycles. The molecule has 0 aromatic heterocycles. The van der Waals surface area contributed by atoms with Gasteiger partial charge in [0.1, 0.15) is 11.9 Å². The van der Waals surface area contributed by atoms with Gasteiger partial charge in [0, 0.05) is 6.42 Å². The van der Waals surface area contributed by atoms with Crippen molar-refractivity contribution in [1.29, 1.82) is 0 Å². The lowest BCUT2D eigenvalue weighted by atomic mass is 10.0. The monoisotopic (exact) mass is 233 g/mol. The molecule has 0 radical (unpaired) electrons. The molecule has 0 bridgehead atoms. The minimum atomic E-state index is 0.352. The van der Waals surface area contributed by atoms with Gasteiger partial charge in [-0.2, -0.15) is 0 Å². The summed E-state index contributed by atoms with van der Waals surface area (Å²) >= 11 is 0. The van der Waals surface area contributed by atoms with E-state index in [1.807, 2.05) is 0 Å². The number of aryl methyl sites for hydroxylation is 1. The van der Waals surface area contributed by atoms with Crippen molar-refractivity contribution in [1.82, 2.24) is 0 Å². The summed E-state index contributed by atoms with van der Waals surface area (Å²) in [6.45, 7) is 2.96. The van der Waals surface area contributed by atoms with Crippen LogP contribution in [0.3, 0.4) is 0 Å². The summed E-state index contributed by atoms with van der Waals surface area (Å²) in [6.07, 6.45) is 7.60. The summed E-state index contributed by atoms with van der Waals surface area (Å²) in [6, 6.07) is 6.66. The fraction of sp³-hybridized carbons (Fsp3) is 0.600. The Morgan fingerprint density at radius 1 is 1.24 bits per heavy atom. The molecule has 1 aliphatic heterocycles. The first-order valence-electron chi connectivity index (χ1n) is 6.78. The molecule has 0 saturated carbocycles. The summed E-state index contributed by atoms with van der Waals surface area (Å²) in [5.74, 6) is 1.09. The maximum absolute atomic E-state index is 5.71. The van der Waals surface area contributed by atoms with Crippen molar-refractivity contribution in [3.8, 4) is 5.75 Å². The van der Waals surface area contributed by atoms with Crippen LogP contribution in [0.15, 0.2) is 18.2 Å². The summed E-state index contributed by atoms with van der Waals surface area (Å²) < 4.78 is 5.71. The van der Waals surface area contributed by atoms with E-state index in [9.17, 15) is 0 Å². The van der Waals surface area contributed by atoms with Crippen LogP contribution in [0.4, 0.5) is 0 Å². The minimum absolute atomic E-state index is 0.352. The molecule has 94 valence electrons. The van der Waals surface area contributed by atoms with Gasteiger partial charge in [0.15, 0.2) is 0 Å². The Morgan fingerprint density at radius 2 is 2.06 bits per heavy atom. The highest BCUT2D eigenvalue weighted by Crippen LogP contribution is 2.29. The number of rotatable bonds is 6. The van der Waals surface area contributed by atoms with Crippen molar-refractivity contribution >= 4 is 0 Å². The Morgan fingerprint density at radius 3 is 2.88 bits per heavy atom. The third-order valence-electron chi connectivity index (χ3n) is 3.38. The molecule has 2 heteroatoms. The van der Waals surface area contributed by atoms with Gasteiger partial charge < -0.3 is 10.5 Å². The van der Waals surface area contributed by atoms with Gasteiger partial charge in [0.05, 0.1) is 0 Å². The van der Waals surface area contributed by atoms with Crippen molar-refractivity contribution in [2.24, 2.45) is 5.73 Å². The van der Waals surface area contributed by atoms with E-state index in [1.54, 1.807) is 0 Å². The van der Waals surface area contributed by atoms with Crippen LogP contribution in [0.5, 0.6) is 5.75 Å². The summed E-state index contributed by atoms with van der Waals surface area (Å²) in [5.41, 5.74) is 8.32. The SMILES string of the molecule is CC1Cc2cc(CCCCCCN)ccc2O1. The predicted molar refractivity (Wildman–Crippen MR) is 71.5 cm³/mol. The first-order valence-corrected chi connectivity index (χ1v) is 6.78. The van der Waals surface area contributed by atoms with Crippen LogP contribution in [0.1, 0.15) is 43.7 Å². The average Bonchev–Trinajstić information content (AvgIpc) is 2.68. The van der Waals surface area contributed by atoms with Crippen molar-refractivity contribution in [2.45, 2.75) is 51.6 Å². The predicted octanol–water partition coefficient (Wildman–Crippen LogP) is 3.07. The number of hydrogen-bond donors (Lipinski definition) is 1. The molecular formula is C15H23NO. The van der Waals surface area contributed by atoms with Crippen LogP contribution in [-0.4, -0.2) is 12.6 Å². The summed E-state index contributed by atoms with van der Waals surface area (Å²) in [4.78, 5) is 0. The first kappa shape index (κ1) is 12.4. The number of unbranched alkanes of at least 4 members (excludes halogenated alkanes) is 3. The lowest BCUT2D eigenvalue weighted by Gasteiger charge is -2.04. The number of ether oxygens (including phenoxy) is 1. The van der Waals surface area contributed by atoms with Crippen molar-refractivity contribution in [3.05, 3.63) is 29.3 Å². The third-order valence-corrected chi connectivity index (χ3v) is 3.38. The Hall–Kier alpha value is -1.02. The van der Waals surface area contributed by atoms with E-state index in [0.717, 1.165) is 25.1 Å². The van der Waals surface area contributed by atoms with E-state index in [4.69, 9.17) is 10.5 Å². The largest absolute Gasteiger partial charge is 0.490 e. The van der Waals surface area contributed by atoms with Crippen LogP contribution in [-0.2, 0) is 12.8 Å². The van der Waals surface area contributed by atoms with Crippen molar-refractivity contribution in [2.75, 3.05) is 6.54 Å². The van der Waals surface area contributed by atoms with E-state index in [-0.39, 0.29) is 0 Å². The minimum Gasteiger partial charge on any atom is -0.490 e. The van der Waals surface area contributed by atoms with Gasteiger partial charge >= 0.3 is 0 Å². The highest BCUT2D eigenvalue weighted by molar-refractivity contribution is 5.40. The van der Waals surface area contributed by atoms with Gasteiger partial charge in [0.2, 0.25) is 0 Å². The van der Waals surface area contributed by atoms with Crippen LogP contribution >= 0.6 is 0 Å². The fourth-order valence-corrected chi connectivity index (χ4v) is 2.46. The van der Waals surface area contributed by atoms with Crippen LogP contribution in [0.25, 0.3) is 0 Å².